The minimum absolute atomic E-state index is 0.0865. The molecule has 2 rings (SSSR count). The SMILES string of the molecule is CC(C)Oc1ccc(NCCC(=O)N(C)c2ccccc2)cc1. The molecule has 4 heteroatoms. The molecule has 0 unspecified atom stereocenters. The van der Waals surface area contributed by atoms with E-state index in [4.69, 9.17) is 4.74 Å². The lowest BCUT2D eigenvalue weighted by molar-refractivity contribution is -0.118. The number of ether oxygens (including phenoxy) is 1. The molecule has 1 N–H and O–H groups in total. The van der Waals surface area contributed by atoms with E-state index in [1.54, 1.807) is 11.9 Å². The molecule has 0 saturated carbocycles. The number of nitrogens with zero attached hydrogens (tertiary/aromatic N) is 1. The van der Waals surface area contributed by atoms with Crippen LogP contribution in [0.1, 0.15) is 20.3 Å². The summed E-state index contributed by atoms with van der Waals surface area (Å²) in [6.45, 7) is 4.60. The number of carbonyl (C=O) groups excluding carboxylic acids is 1. The zero-order valence-electron chi connectivity index (χ0n) is 14.0. The van der Waals surface area contributed by atoms with Crippen LogP contribution in [-0.2, 0) is 4.79 Å². The van der Waals surface area contributed by atoms with Gasteiger partial charge in [0.1, 0.15) is 5.75 Å². The Morgan fingerprint density at radius 2 is 1.74 bits per heavy atom. The lowest BCUT2D eigenvalue weighted by Crippen LogP contribution is -2.27. The summed E-state index contributed by atoms with van der Waals surface area (Å²) >= 11 is 0. The molecule has 0 aromatic heterocycles. The summed E-state index contributed by atoms with van der Waals surface area (Å²) < 4.78 is 5.60. The van der Waals surface area contributed by atoms with Crippen molar-refractivity contribution in [1.29, 1.82) is 0 Å². The van der Waals surface area contributed by atoms with Crippen LogP contribution in [0.3, 0.4) is 0 Å². The average molecular weight is 312 g/mol. The summed E-state index contributed by atoms with van der Waals surface area (Å²) in [5, 5.41) is 3.26. The van der Waals surface area contributed by atoms with Crippen molar-refractivity contribution in [2.24, 2.45) is 0 Å². The molecule has 0 fully saturated rings. The van der Waals surface area contributed by atoms with Crippen molar-refractivity contribution in [3.8, 4) is 5.75 Å². The topological polar surface area (TPSA) is 41.6 Å². The van der Waals surface area contributed by atoms with Crippen LogP contribution in [0, 0.1) is 0 Å². The largest absolute Gasteiger partial charge is 0.491 e. The molecule has 0 radical (unpaired) electrons. The van der Waals surface area contributed by atoms with E-state index in [0.29, 0.717) is 13.0 Å². The number of para-hydroxylation sites is 1. The summed E-state index contributed by atoms with van der Waals surface area (Å²) in [6.07, 6.45) is 0.607. The second-order valence-electron chi connectivity index (χ2n) is 5.66. The number of benzene rings is 2. The van der Waals surface area contributed by atoms with E-state index < -0.39 is 0 Å². The molecule has 0 spiro atoms. The number of hydrogen-bond acceptors (Lipinski definition) is 3. The molecule has 0 bridgehead atoms. The Morgan fingerprint density at radius 3 is 2.35 bits per heavy atom. The lowest BCUT2D eigenvalue weighted by Gasteiger charge is -2.17. The lowest BCUT2D eigenvalue weighted by atomic mass is 10.2. The molecule has 0 heterocycles. The van der Waals surface area contributed by atoms with Gasteiger partial charge in [0.2, 0.25) is 5.91 Å². The molecule has 0 atom stereocenters. The quantitative estimate of drug-likeness (QED) is 0.842. The Bertz CT molecular complexity index is 609. The fraction of sp³-hybridized carbons (Fsp3) is 0.316. The van der Waals surface area contributed by atoms with Crippen molar-refractivity contribution in [3.05, 3.63) is 54.6 Å². The Labute approximate surface area is 138 Å². The number of carbonyl (C=O) groups is 1. The van der Waals surface area contributed by atoms with Gasteiger partial charge >= 0.3 is 0 Å². The van der Waals surface area contributed by atoms with Gasteiger partial charge in [-0.15, -0.1) is 0 Å². The van der Waals surface area contributed by atoms with Crippen molar-refractivity contribution in [2.75, 3.05) is 23.8 Å². The van der Waals surface area contributed by atoms with Gasteiger partial charge in [0.25, 0.3) is 0 Å². The molecule has 0 aliphatic heterocycles. The summed E-state index contributed by atoms with van der Waals surface area (Å²) in [5.74, 6) is 0.939. The maximum atomic E-state index is 12.2. The Kier molecular flexibility index (Phi) is 6.03. The van der Waals surface area contributed by atoms with Crippen LogP contribution < -0.4 is 15.0 Å². The standard InChI is InChI=1S/C19H24N2O2/c1-15(2)23-18-11-9-16(10-12-18)20-14-13-19(22)21(3)17-7-5-4-6-8-17/h4-12,15,20H,13-14H2,1-3H3. The van der Waals surface area contributed by atoms with E-state index in [1.165, 1.54) is 0 Å². The van der Waals surface area contributed by atoms with E-state index in [2.05, 4.69) is 5.32 Å². The van der Waals surface area contributed by atoms with Crippen LogP contribution in [0.2, 0.25) is 0 Å². The first-order valence-electron chi connectivity index (χ1n) is 7.88. The molecule has 122 valence electrons. The van der Waals surface area contributed by atoms with Gasteiger partial charge in [-0.2, -0.15) is 0 Å². The monoisotopic (exact) mass is 312 g/mol. The maximum Gasteiger partial charge on any atom is 0.228 e. The number of anilines is 2. The highest BCUT2D eigenvalue weighted by Gasteiger charge is 2.09. The minimum Gasteiger partial charge on any atom is -0.491 e. The van der Waals surface area contributed by atoms with Crippen molar-refractivity contribution in [3.63, 3.8) is 0 Å². The maximum absolute atomic E-state index is 12.2. The molecule has 0 aliphatic rings. The second-order valence-corrected chi connectivity index (χ2v) is 5.66. The fourth-order valence-corrected chi connectivity index (χ4v) is 2.20. The first-order valence-corrected chi connectivity index (χ1v) is 7.88. The third-order valence-corrected chi connectivity index (χ3v) is 3.41. The summed E-state index contributed by atoms with van der Waals surface area (Å²) in [5.41, 5.74) is 1.89. The highest BCUT2D eigenvalue weighted by atomic mass is 16.5. The predicted octanol–water partition coefficient (Wildman–Crippen LogP) is 3.94. The van der Waals surface area contributed by atoms with Gasteiger partial charge < -0.3 is 15.0 Å². The number of rotatable bonds is 7. The van der Waals surface area contributed by atoms with Gasteiger partial charge in [-0.1, -0.05) is 18.2 Å². The first-order chi connectivity index (χ1) is 11.1. The van der Waals surface area contributed by atoms with Crippen LogP contribution in [0.5, 0.6) is 5.75 Å². The van der Waals surface area contributed by atoms with E-state index in [9.17, 15) is 4.79 Å². The summed E-state index contributed by atoms with van der Waals surface area (Å²) in [4.78, 5) is 13.9. The van der Waals surface area contributed by atoms with Crippen LogP contribution >= 0.6 is 0 Å². The molecule has 0 aliphatic carbocycles. The Morgan fingerprint density at radius 1 is 1.09 bits per heavy atom. The molecule has 4 nitrogen and oxygen atoms in total. The summed E-state index contributed by atoms with van der Waals surface area (Å²) in [7, 11) is 1.80. The van der Waals surface area contributed by atoms with Crippen molar-refractivity contribution in [1.82, 2.24) is 0 Å². The average Bonchev–Trinajstić information content (AvgIpc) is 2.56. The zero-order chi connectivity index (χ0) is 16.7. The van der Waals surface area contributed by atoms with Crippen LogP contribution in [0.4, 0.5) is 11.4 Å². The molecule has 23 heavy (non-hydrogen) atoms. The predicted molar refractivity (Wildman–Crippen MR) is 95.2 cm³/mol. The van der Waals surface area contributed by atoms with Crippen LogP contribution in [0.25, 0.3) is 0 Å². The fourth-order valence-electron chi connectivity index (χ4n) is 2.20. The highest BCUT2D eigenvalue weighted by Crippen LogP contribution is 2.17. The number of hydrogen-bond donors (Lipinski definition) is 1. The van der Waals surface area contributed by atoms with E-state index >= 15 is 0 Å². The van der Waals surface area contributed by atoms with E-state index in [1.807, 2.05) is 68.4 Å². The van der Waals surface area contributed by atoms with Gasteiger partial charge in [-0.05, 0) is 50.2 Å². The van der Waals surface area contributed by atoms with Gasteiger partial charge in [-0.3, -0.25) is 4.79 Å². The van der Waals surface area contributed by atoms with Gasteiger partial charge in [0, 0.05) is 31.4 Å². The molecule has 2 aromatic rings. The van der Waals surface area contributed by atoms with Gasteiger partial charge in [0.15, 0.2) is 0 Å². The molecule has 0 saturated heterocycles. The summed E-state index contributed by atoms with van der Waals surface area (Å²) in [6, 6.07) is 17.4. The molecule has 1 amide bonds. The van der Waals surface area contributed by atoms with Crippen LogP contribution in [0.15, 0.2) is 54.6 Å². The Hall–Kier alpha value is -2.49. The third kappa shape index (κ3) is 5.33. The normalized spacial score (nSPS) is 10.4. The second kappa shape index (κ2) is 8.22. The Balaban J connectivity index is 1.79. The third-order valence-electron chi connectivity index (χ3n) is 3.41. The zero-order valence-corrected chi connectivity index (χ0v) is 14.0. The number of nitrogens with one attached hydrogen (secondary N) is 1. The molecular formula is C19H24N2O2. The smallest absolute Gasteiger partial charge is 0.228 e. The van der Waals surface area contributed by atoms with Crippen LogP contribution in [-0.4, -0.2) is 25.6 Å². The highest BCUT2D eigenvalue weighted by molar-refractivity contribution is 5.93. The number of amides is 1. The van der Waals surface area contributed by atoms with Crippen molar-refractivity contribution in [2.45, 2.75) is 26.4 Å². The molecule has 2 aromatic carbocycles. The van der Waals surface area contributed by atoms with Crippen molar-refractivity contribution < 1.29 is 9.53 Å². The molecular weight excluding hydrogens is 288 g/mol. The van der Waals surface area contributed by atoms with E-state index in [0.717, 1.165) is 17.1 Å². The van der Waals surface area contributed by atoms with Gasteiger partial charge in [0.05, 0.1) is 6.10 Å². The van der Waals surface area contributed by atoms with Crippen molar-refractivity contribution >= 4 is 17.3 Å². The minimum atomic E-state index is 0.0865. The van der Waals surface area contributed by atoms with Gasteiger partial charge in [-0.25, -0.2) is 0 Å². The van der Waals surface area contributed by atoms with E-state index in [-0.39, 0.29) is 12.0 Å². The first kappa shape index (κ1) is 16.9.